The number of aromatic nitrogens is 2. The molecule has 0 fully saturated rings. The number of nitrogens with one attached hydrogen (secondary N) is 1. The number of carbonyl (C=O) groups excluding carboxylic acids is 2. The molecule has 0 aliphatic heterocycles. The van der Waals surface area contributed by atoms with Crippen molar-refractivity contribution < 1.29 is 9.59 Å². The summed E-state index contributed by atoms with van der Waals surface area (Å²) in [7, 11) is 0. The quantitative estimate of drug-likeness (QED) is 0.577. The first-order valence-corrected chi connectivity index (χ1v) is 8.79. The minimum atomic E-state index is -0.880. The normalized spacial score (nSPS) is 11.9. The van der Waals surface area contributed by atoms with Crippen LogP contribution in [-0.4, -0.2) is 21.5 Å². The van der Waals surface area contributed by atoms with Crippen molar-refractivity contribution in [3.8, 4) is 11.8 Å². The number of carbonyl (C=O) groups is 2. The van der Waals surface area contributed by atoms with Gasteiger partial charge in [0, 0.05) is 5.92 Å². The summed E-state index contributed by atoms with van der Waals surface area (Å²) in [6, 6.07) is 5.02. The van der Waals surface area contributed by atoms with Gasteiger partial charge in [0.25, 0.3) is 0 Å². The van der Waals surface area contributed by atoms with Gasteiger partial charge in [-0.1, -0.05) is 48.7 Å². The van der Waals surface area contributed by atoms with Gasteiger partial charge in [-0.2, -0.15) is 10.4 Å². The molecule has 6 nitrogen and oxygen atoms in total. The molecule has 0 spiro atoms. The number of hydrogen-bond acceptors (Lipinski definition) is 4. The summed E-state index contributed by atoms with van der Waals surface area (Å²) in [6.07, 6.45) is 1.28. The predicted molar refractivity (Wildman–Crippen MR) is 101 cm³/mol. The van der Waals surface area contributed by atoms with Gasteiger partial charge in [0.05, 0.1) is 32.9 Å². The Hall–Kier alpha value is -2.07. The number of nitriles is 1. The Morgan fingerprint density at radius 1 is 1.19 bits per heavy atom. The second kappa shape index (κ2) is 8.09. The molecule has 0 radical (unpaired) electrons. The number of ketones is 1. The van der Waals surface area contributed by atoms with E-state index in [4.69, 9.17) is 34.8 Å². The minimum absolute atomic E-state index is 0.0983. The first-order valence-electron chi connectivity index (χ1n) is 7.65. The van der Waals surface area contributed by atoms with Crippen molar-refractivity contribution in [2.45, 2.75) is 20.8 Å². The number of benzene rings is 1. The van der Waals surface area contributed by atoms with E-state index >= 15 is 0 Å². The molecule has 1 aromatic heterocycles. The molecule has 1 amide bonds. The molecule has 0 saturated carbocycles. The second-order valence-electron chi connectivity index (χ2n) is 5.89. The number of anilines is 1. The van der Waals surface area contributed by atoms with Crippen LogP contribution in [0.25, 0.3) is 5.69 Å². The fourth-order valence-corrected chi connectivity index (χ4v) is 2.88. The molecule has 0 saturated heterocycles. The highest BCUT2D eigenvalue weighted by Crippen LogP contribution is 2.36. The fourth-order valence-electron chi connectivity index (χ4n) is 2.27. The fraction of sp³-hybridized carbons (Fsp3) is 0.294. The lowest BCUT2D eigenvalue weighted by atomic mass is 9.96. The highest BCUT2D eigenvalue weighted by atomic mass is 35.5. The van der Waals surface area contributed by atoms with E-state index in [1.807, 2.05) is 6.07 Å². The molecule has 9 heteroatoms. The van der Waals surface area contributed by atoms with E-state index in [0.717, 1.165) is 0 Å². The van der Waals surface area contributed by atoms with Crippen LogP contribution in [0.15, 0.2) is 18.3 Å². The monoisotopic (exact) mass is 412 g/mol. The maximum Gasteiger partial charge on any atom is 0.235 e. The van der Waals surface area contributed by atoms with Crippen molar-refractivity contribution in [1.82, 2.24) is 9.78 Å². The first kappa shape index (κ1) is 20.2. The predicted octanol–water partition coefficient (Wildman–Crippen LogP) is 4.50. The standard InChI is InChI=1S/C17H15Cl3N4O2/c1-8(2)15(25)9(3)17(26)23-16-10(6-21)7-22-24(16)12-5-4-11(18)13(19)14(12)20/h4-5,7-9H,1-3H3,(H,23,26). The number of halogens is 3. The van der Waals surface area contributed by atoms with Crippen LogP contribution in [0.2, 0.25) is 15.1 Å². The SMILES string of the molecule is CC(C)C(=O)C(C)C(=O)Nc1c(C#N)cnn1-c1ccc(Cl)c(Cl)c1Cl. The summed E-state index contributed by atoms with van der Waals surface area (Å²) in [5.74, 6) is -1.83. The van der Waals surface area contributed by atoms with Crippen LogP contribution in [0.4, 0.5) is 5.82 Å². The summed E-state index contributed by atoms with van der Waals surface area (Å²) in [4.78, 5) is 24.5. The van der Waals surface area contributed by atoms with E-state index in [2.05, 4.69) is 10.4 Å². The third-order valence-electron chi connectivity index (χ3n) is 3.76. The van der Waals surface area contributed by atoms with Crippen LogP contribution in [0.5, 0.6) is 0 Å². The Morgan fingerprint density at radius 2 is 1.85 bits per heavy atom. The van der Waals surface area contributed by atoms with Gasteiger partial charge >= 0.3 is 0 Å². The van der Waals surface area contributed by atoms with Crippen molar-refractivity contribution in [2.75, 3.05) is 5.32 Å². The smallest absolute Gasteiger partial charge is 0.235 e. The molecule has 1 atom stereocenters. The van der Waals surface area contributed by atoms with E-state index in [9.17, 15) is 14.9 Å². The van der Waals surface area contributed by atoms with E-state index in [1.165, 1.54) is 23.9 Å². The molecule has 136 valence electrons. The summed E-state index contributed by atoms with van der Waals surface area (Å²) in [5.41, 5.74) is 0.449. The first-order chi connectivity index (χ1) is 12.2. The lowest BCUT2D eigenvalue weighted by molar-refractivity contribution is -0.132. The lowest BCUT2D eigenvalue weighted by Gasteiger charge is -2.15. The maximum absolute atomic E-state index is 12.5. The molecule has 0 bridgehead atoms. The van der Waals surface area contributed by atoms with Crippen molar-refractivity contribution in [2.24, 2.45) is 11.8 Å². The molecule has 1 aromatic carbocycles. The summed E-state index contributed by atoms with van der Waals surface area (Å²) in [6.45, 7) is 4.94. The Bertz CT molecular complexity index is 915. The van der Waals surface area contributed by atoms with Gasteiger partial charge in [-0.3, -0.25) is 9.59 Å². The van der Waals surface area contributed by atoms with Crippen LogP contribution in [0.1, 0.15) is 26.3 Å². The summed E-state index contributed by atoms with van der Waals surface area (Å²) < 4.78 is 1.27. The van der Waals surface area contributed by atoms with Crippen molar-refractivity contribution in [3.63, 3.8) is 0 Å². The Balaban J connectivity index is 2.47. The number of hydrogen-bond donors (Lipinski definition) is 1. The molecule has 1 unspecified atom stereocenters. The zero-order chi connectivity index (χ0) is 19.6. The Kier molecular flexibility index (Phi) is 6.30. The van der Waals surface area contributed by atoms with Gasteiger partial charge in [-0.15, -0.1) is 0 Å². The van der Waals surface area contributed by atoms with Crippen LogP contribution in [0.3, 0.4) is 0 Å². The number of amides is 1. The van der Waals surface area contributed by atoms with E-state index in [0.29, 0.717) is 5.69 Å². The molecule has 26 heavy (non-hydrogen) atoms. The zero-order valence-corrected chi connectivity index (χ0v) is 16.4. The van der Waals surface area contributed by atoms with Gasteiger partial charge in [-0.25, -0.2) is 4.68 Å². The van der Waals surface area contributed by atoms with Crippen LogP contribution < -0.4 is 5.32 Å². The molecule has 0 aliphatic carbocycles. The van der Waals surface area contributed by atoms with Crippen LogP contribution >= 0.6 is 34.8 Å². The van der Waals surface area contributed by atoms with E-state index in [-0.39, 0.29) is 38.2 Å². The highest BCUT2D eigenvalue weighted by molar-refractivity contribution is 6.48. The van der Waals surface area contributed by atoms with Crippen molar-refractivity contribution >= 4 is 52.3 Å². The average molecular weight is 414 g/mol. The van der Waals surface area contributed by atoms with Crippen LogP contribution in [0, 0.1) is 23.2 Å². The van der Waals surface area contributed by atoms with Gasteiger partial charge in [0.1, 0.15) is 17.4 Å². The number of Topliss-reactive ketones (excluding diaryl/α,β-unsaturated/α-hetero) is 1. The zero-order valence-electron chi connectivity index (χ0n) is 14.2. The topological polar surface area (TPSA) is 87.8 Å². The van der Waals surface area contributed by atoms with Crippen LogP contribution in [-0.2, 0) is 9.59 Å². The van der Waals surface area contributed by atoms with Crippen molar-refractivity contribution in [3.05, 3.63) is 39.0 Å². The van der Waals surface area contributed by atoms with E-state index < -0.39 is 11.8 Å². The Morgan fingerprint density at radius 3 is 2.42 bits per heavy atom. The summed E-state index contributed by atoms with van der Waals surface area (Å²) in [5, 5.41) is 16.5. The molecular weight excluding hydrogens is 399 g/mol. The molecule has 1 N–H and O–H groups in total. The van der Waals surface area contributed by atoms with Gasteiger partial charge in [0.15, 0.2) is 5.82 Å². The number of nitrogens with zero attached hydrogens (tertiary/aromatic N) is 3. The molecule has 2 aromatic rings. The molecule has 0 aliphatic rings. The van der Waals surface area contributed by atoms with Gasteiger partial charge in [0.2, 0.25) is 5.91 Å². The molecule has 1 heterocycles. The molecular formula is C17H15Cl3N4O2. The number of rotatable bonds is 5. The summed E-state index contributed by atoms with van der Waals surface area (Å²) >= 11 is 18.2. The highest BCUT2D eigenvalue weighted by Gasteiger charge is 2.26. The van der Waals surface area contributed by atoms with Gasteiger partial charge in [-0.05, 0) is 19.1 Å². The van der Waals surface area contributed by atoms with Gasteiger partial charge < -0.3 is 5.32 Å². The third kappa shape index (κ3) is 3.85. The second-order valence-corrected chi connectivity index (χ2v) is 7.06. The van der Waals surface area contributed by atoms with E-state index in [1.54, 1.807) is 19.9 Å². The largest absolute Gasteiger partial charge is 0.309 e. The minimum Gasteiger partial charge on any atom is -0.309 e. The third-order valence-corrected chi connectivity index (χ3v) is 5.05. The maximum atomic E-state index is 12.5. The lowest BCUT2D eigenvalue weighted by Crippen LogP contribution is -2.31. The average Bonchev–Trinajstić information content (AvgIpc) is 3.00. The molecule has 2 rings (SSSR count). The Labute approximate surface area is 165 Å². The van der Waals surface area contributed by atoms with Crippen molar-refractivity contribution in [1.29, 1.82) is 5.26 Å².